The normalized spacial score (nSPS) is 12.2. The second-order valence-corrected chi connectivity index (χ2v) is 8.71. The summed E-state index contributed by atoms with van der Waals surface area (Å²) >= 11 is 0. The Labute approximate surface area is 199 Å². The van der Waals surface area contributed by atoms with E-state index in [0.717, 1.165) is 43.3 Å². The summed E-state index contributed by atoms with van der Waals surface area (Å²) < 4.78 is 0. The highest BCUT2D eigenvalue weighted by molar-refractivity contribution is 5.07. The zero-order valence-corrected chi connectivity index (χ0v) is 20.1. The lowest BCUT2D eigenvalue weighted by Crippen LogP contribution is -2.42. The number of nitrogens with one attached hydrogen (secondary N) is 1. The number of hydrogen-bond donors (Lipinski definition) is 1. The SMILES string of the molecule is CCCCCCCCC(CNCc1ccccn1)N(Cc1ccccn1)Cc1ccccn1. The lowest BCUT2D eigenvalue weighted by molar-refractivity contribution is 0.157. The summed E-state index contributed by atoms with van der Waals surface area (Å²) in [5.74, 6) is 0. The van der Waals surface area contributed by atoms with Crippen LogP contribution in [0.1, 0.15) is 69.0 Å². The van der Waals surface area contributed by atoms with E-state index in [1.54, 1.807) is 0 Å². The zero-order chi connectivity index (χ0) is 23.0. The predicted molar refractivity (Wildman–Crippen MR) is 135 cm³/mol. The average Bonchev–Trinajstić information content (AvgIpc) is 2.86. The molecule has 0 fully saturated rings. The molecule has 5 heteroatoms. The molecule has 0 aliphatic carbocycles. The van der Waals surface area contributed by atoms with Gasteiger partial charge in [-0.05, 0) is 42.8 Å². The third-order valence-corrected chi connectivity index (χ3v) is 6.00. The van der Waals surface area contributed by atoms with Crippen molar-refractivity contribution in [1.29, 1.82) is 0 Å². The molecule has 0 aliphatic heterocycles. The Hall–Kier alpha value is -2.63. The third kappa shape index (κ3) is 9.80. The summed E-state index contributed by atoms with van der Waals surface area (Å²) in [4.78, 5) is 16.2. The monoisotopic (exact) mass is 445 g/mol. The number of pyridine rings is 3. The van der Waals surface area contributed by atoms with Crippen LogP contribution in [0.25, 0.3) is 0 Å². The van der Waals surface area contributed by atoms with Crippen LogP contribution < -0.4 is 5.32 Å². The highest BCUT2D eigenvalue weighted by Crippen LogP contribution is 2.17. The Morgan fingerprint density at radius 1 is 0.697 bits per heavy atom. The molecule has 0 radical (unpaired) electrons. The Kier molecular flexibility index (Phi) is 11.6. The van der Waals surface area contributed by atoms with Crippen LogP contribution in [0.15, 0.2) is 73.2 Å². The second-order valence-electron chi connectivity index (χ2n) is 8.71. The minimum Gasteiger partial charge on any atom is -0.310 e. The quantitative estimate of drug-likeness (QED) is 0.283. The van der Waals surface area contributed by atoms with Crippen molar-refractivity contribution < 1.29 is 0 Å². The molecule has 5 nitrogen and oxygen atoms in total. The van der Waals surface area contributed by atoms with E-state index in [9.17, 15) is 0 Å². The van der Waals surface area contributed by atoms with Crippen LogP contribution >= 0.6 is 0 Å². The fourth-order valence-corrected chi connectivity index (χ4v) is 4.16. The molecule has 0 saturated carbocycles. The molecule has 0 spiro atoms. The molecule has 3 aromatic heterocycles. The van der Waals surface area contributed by atoms with Crippen molar-refractivity contribution in [3.8, 4) is 0 Å². The van der Waals surface area contributed by atoms with Crippen LogP contribution in [-0.2, 0) is 19.6 Å². The van der Waals surface area contributed by atoms with Crippen molar-refractivity contribution in [1.82, 2.24) is 25.2 Å². The van der Waals surface area contributed by atoms with Crippen molar-refractivity contribution in [2.75, 3.05) is 6.54 Å². The van der Waals surface area contributed by atoms with Crippen LogP contribution in [-0.4, -0.2) is 32.4 Å². The first-order chi connectivity index (χ1) is 16.3. The summed E-state index contributed by atoms with van der Waals surface area (Å²) in [5, 5.41) is 3.67. The van der Waals surface area contributed by atoms with Gasteiger partial charge in [-0.25, -0.2) is 0 Å². The van der Waals surface area contributed by atoms with Crippen LogP contribution in [0.5, 0.6) is 0 Å². The van der Waals surface area contributed by atoms with Gasteiger partial charge < -0.3 is 5.32 Å². The number of aromatic nitrogens is 3. The Morgan fingerprint density at radius 3 is 1.79 bits per heavy atom. The molecule has 0 amide bonds. The average molecular weight is 446 g/mol. The molecule has 33 heavy (non-hydrogen) atoms. The van der Waals surface area contributed by atoms with Gasteiger partial charge in [0.2, 0.25) is 0 Å². The van der Waals surface area contributed by atoms with Gasteiger partial charge in [0.1, 0.15) is 0 Å². The van der Waals surface area contributed by atoms with E-state index in [2.05, 4.69) is 62.4 Å². The van der Waals surface area contributed by atoms with Crippen molar-refractivity contribution in [3.05, 3.63) is 90.3 Å². The first-order valence-electron chi connectivity index (χ1n) is 12.5. The van der Waals surface area contributed by atoms with Crippen molar-refractivity contribution in [2.24, 2.45) is 0 Å². The first-order valence-corrected chi connectivity index (χ1v) is 12.5. The van der Waals surface area contributed by atoms with Gasteiger partial charge >= 0.3 is 0 Å². The molecule has 0 aromatic carbocycles. The van der Waals surface area contributed by atoms with E-state index in [1.165, 1.54) is 44.9 Å². The number of rotatable bonds is 16. The minimum atomic E-state index is 0.406. The van der Waals surface area contributed by atoms with Gasteiger partial charge in [0, 0.05) is 50.8 Å². The minimum absolute atomic E-state index is 0.406. The number of unbranched alkanes of at least 4 members (excludes halogenated alkanes) is 5. The van der Waals surface area contributed by atoms with E-state index in [1.807, 2.05) is 42.9 Å². The maximum absolute atomic E-state index is 4.61. The first kappa shape index (κ1) is 25.0. The smallest absolute Gasteiger partial charge is 0.0544 e. The highest BCUT2D eigenvalue weighted by Gasteiger charge is 2.20. The lowest BCUT2D eigenvalue weighted by atomic mass is 10.0. The van der Waals surface area contributed by atoms with Crippen LogP contribution in [0.2, 0.25) is 0 Å². The zero-order valence-electron chi connectivity index (χ0n) is 20.1. The van der Waals surface area contributed by atoms with E-state index in [0.29, 0.717) is 6.04 Å². The van der Waals surface area contributed by atoms with E-state index < -0.39 is 0 Å². The van der Waals surface area contributed by atoms with Crippen LogP contribution in [0.4, 0.5) is 0 Å². The van der Waals surface area contributed by atoms with Gasteiger partial charge in [-0.3, -0.25) is 19.9 Å². The summed E-state index contributed by atoms with van der Waals surface area (Å²) in [6.07, 6.45) is 14.7. The summed E-state index contributed by atoms with van der Waals surface area (Å²) in [5.41, 5.74) is 3.29. The number of nitrogens with zero attached hydrogens (tertiary/aromatic N) is 4. The van der Waals surface area contributed by atoms with E-state index in [-0.39, 0.29) is 0 Å². The molecular weight excluding hydrogens is 406 g/mol. The lowest BCUT2D eigenvalue weighted by Gasteiger charge is -2.32. The fraction of sp³-hybridized carbons (Fsp3) is 0.464. The summed E-state index contributed by atoms with van der Waals surface area (Å²) in [7, 11) is 0. The molecule has 3 heterocycles. The van der Waals surface area contributed by atoms with Crippen molar-refractivity contribution >= 4 is 0 Å². The molecule has 0 aliphatic rings. The largest absolute Gasteiger partial charge is 0.310 e. The molecule has 1 N–H and O–H groups in total. The molecule has 3 rings (SSSR count). The summed E-state index contributed by atoms with van der Waals surface area (Å²) in [6, 6.07) is 18.8. The van der Waals surface area contributed by atoms with Gasteiger partial charge in [-0.15, -0.1) is 0 Å². The molecular formula is C28H39N5. The van der Waals surface area contributed by atoms with Crippen LogP contribution in [0.3, 0.4) is 0 Å². The Bertz CT molecular complexity index is 816. The topological polar surface area (TPSA) is 53.9 Å². The molecule has 0 saturated heterocycles. The molecule has 0 bridgehead atoms. The molecule has 1 unspecified atom stereocenters. The second kappa shape index (κ2) is 15.3. The Balaban J connectivity index is 1.67. The predicted octanol–water partition coefficient (Wildman–Crippen LogP) is 5.78. The molecule has 1 atom stereocenters. The maximum atomic E-state index is 4.61. The summed E-state index contributed by atoms with van der Waals surface area (Å²) in [6.45, 7) is 5.63. The molecule has 176 valence electrons. The van der Waals surface area contributed by atoms with Crippen LogP contribution in [0, 0.1) is 0 Å². The highest BCUT2D eigenvalue weighted by atomic mass is 15.2. The van der Waals surface area contributed by atoms with Crippen molar-refractivity contribution in [2.45, 2.75) is 77.5 Å². The van der Waals surface area contributed by atoms with Gasteiger partial charge in [0.15, 0.2) is 0 Å². The third-order valence-electron chi connectivity index (χ3n) is 6.00. The Morgan fingerprint density at radius 2 is 1.24 bits per heavy atom. The van der Waals surface area contributed by atoms with Gasteiger partial charge in [0.05, 0.1) is 17.1 Å². The van der Waals surface area contributed by atoms with E-state index >= 15 is 0 Å². The van der Waals surface area contributed by atoms with Gasteiger partial charge in [0.25, 0.3) is 0 Å². The van der Waals surface area contributed by atoms with Crippen molar-refractivity contribution in [3.63, 3.8) is 0 Å². The van der Waals surface area contributed by atoms with E-state index in [4.69, 9.17) is 0 Å². The van der Waals surface area contributed by atoms with Gasteiger partial charge in [-0.2, -0.15) is 0 Å². The molecule has 3 aromatic rings. The maximum Gasteiger partial charge on any atom is 0.0544 e. The fourth-order valence-electron chi connectivity index (χ4n) is 4.16. The number of hydrogen-bond acceptors (Lipinski definition) is 5. The van der Waals surface area contributed by atoms with Gasteiger partial charge in [-0.1, -0.05) is 63.6 Å². The standard InChI is InChI=1S/C28H39N5/c1-2-3-4-5-6-7-17-28(22-29-21-25-14-8-11-18-30-25)33(23-26-15-9-12-19-31-26)24-27-16-10-13-20-32-27/h8-16,18-20,28-29H,2-7,17,21-24H2,1H3.